The van der Waals surface area contributed by atoms with Gasteiger partial charge in [-0.2, -0.15) is 0 Å². The lowest BCUT2D eigenvalue weighted by Crippen LogP contribution is -2.35. The largest absolute Gasteiger partial charge is 0.466 e. The normalized spacial score (nSPS) is 14.9. The summed E-state index contributed by atoms with van der Waals surface area (Å²) in [6.45, 7) is 6.01. The molecule has 1 heterocycles. The molecule has 6 nitrogen and oxygen atoms in total. The summed E-state index contributed by atoms with van der Waals surface area (Å²) in [7, 11) is 0. The van der Waals surface area contributed by atoms with Crippen molar-refractivity contribution in [3.05, 3.63) is 0 Å². The van der Waals surface area contributed by atoms with Crippen molar-refractivity contribution in [2.75, 3.05) is 39.3 Å². The summed E-state index contributed by atoms with van der Waals surface area (Å²) in [5.74, 6) is -0.145. The average Bonchev–Trinajstić information content (AvgIpc) is 2.70. The van der Waals surface area contributed by atoms with Crippen LogP contribution in [-0.2, 0) is 9.53 Å². The Morgan fingerprint density at radius 2 is 2.35 bits per heavy atom. The lowest BCUT2D eigenvalue weighted by Gasteiger charge is -2.14. The Morgan fingerprint density at radius 1 is 1.53 bits per heavy atom. The standard InChI is InChI=1S/C11H21N3O3/c1-2-17-10(15)4-3-5-12-6-8-14-9-7-13-11(14)16/h12H,2-9H2,1H3,(H,13,16). The van der Waals surface area contributed by atoms with E-state index in [0.29, 0.717) is 19.6 Å². The number of nitrogens with one attached hydrogen (secondary N) is 2. The number of hydrogen-bond donors (Lipinski definition) is 2. The molecule has 98 valence electrons. The van der Waals surface area contributed by atoms with Gasteiger partial charge in [-0.05, 0) is 19.9 Å². The molecule has 1 rings (SSSR count). The fourth-order valence-corrected chi connectivity index (χ4v) is 1.65. The second kappa shape index (κ2) is 7.89. The van der Waals surface area contributed by atoms with Crippen molar-refractivity contribution in [1.29, 1.82) is 0 Å². The molecule has 0 aromatic rings. The van der Waals surface area contributed by atoms with Crippen molar-refractivity contribution in [1.82, 2.24) is 15.5 Å². The summed E-state index contributed by atoms with van der Waals surface area (Å²) >= 11 is 0. The van der Waals surface area contributed by atoms with Crippen molar-refractivity contribution in [2.24, 2.45) is 0 Å². The molecule has 0 aliphatic carbocycles. The maximum atomic E-state index is 11.2. The zero-order chi connectivity index (χ0) is 12.5. The number of amides is 2. The molecule has 0 unspecified atom stereocenters. The first-order valence-electron chi connectivity index (χ1n) is 6.13. The number of hydrogen-bond acceptors (Lipinski definition) is 4. The van der Waals surface area contributed by atoms with E-state index in [1.165, 1.54) is 0 Å². The molecular weight excluding hydrogens is 222 g/mol. The van der Waals surface area contributed by atoms with Crippen molar-refractivity contribution in [3.63, 3.8) is 0 Å². The molecule has 0 atom stereocenters. The molecule has 1 aliphatic rings. The molecule has 0 radical (unpaired) electrons. The van der Waals surface area contributed by atoms with Crippen molar-refractivity contribution in [3.8, 4) is 0 Å². The monoisotopic (exact) mass is 243 g/mol. The molecule has 2 N–H and O–H groups in total. The minimum Gasteiger partial charge on any atom is -0.466 e. The quantitative estimate of drug-likeness (QED) is 0.463. The van der Waals surface area contributed by atoms with Crippen LogP contribution in [0.1, 0.15) is 19.8 Å². The average molecular weight is 243 g/mol. The number of ether oxygens (including phenoxy) is 1. The fraction of sp³-hybridized carbons (Fsp3) is 0.818. The van der Waals surface area contributed by atoms with Gasteiger partial charge in [-0.15, -0.1) is 0 Å². The van der Waals surface area contributed by atoms with Crippen LogP contribution in [0.25, 0.3) is 0 Å². The van der Waals surface area contributed by atoms with Gasteiger partial charge in [0.25, 0.3) is 0 Å². The Kier molecular flexibility index (Phi) is 6.39. The summed E-state index contributed by atoms with van der Waals surface area (Å²) in [5, 5.41) is 5.95. The van der Waals surface area contributed by atoms with E-state index >= 15 is 0 Å². The molecule has 0 spiro atoms. The highest BCUT2D eigenvalue weighted by atomic mass is 16.5. The zero-order valence-electron chi connectivity index (χ0n) is 10.3. The van der Waals surface area contributed by atoms with Gasteiger partial charge in [-0.1, -0.05) is 0 Å². The van der Waals surface area contributed by atoms with E-state index < -0.39 is 0 Å². The van der Waals surface area contributed by atoms with Gasteiger partial charge in [0.1, 0.15) is 0 Å². The predicted molar refractivity (Wildman–Crippen MR) is 63.7 cm³/mol. The van der Waals surface area contributed by atoms with E-state index in [1.54, 1.807) is 11.8 Å². The minimum absolute atomic E-state index is 0.0123. The first-order chi connectivity index (χ1) is 8.24. The highest BCUT2D eigenvalue weighted by molar-refractivity contribution is 5.76. The molecule has 1 saturated heterocycles. The van der Waals surface area contributed by atoms with Gasteiger partial charge in [0.2, 0.25) is 0 Å². The van der Waals surface area contributed by atoms with Gasteiger partial charge in [-0.25, -0.2) is 4.79 Å². The number of carbonyl (C=O) groups is 2. The third-order valence-electron chi connectivity index (χ3n) is 2.54. The third-order valence-corrected chi connectivity index (χ3v) is 2.54. The minimum atomic E-state index is -0.145. The first-order valence-corrected chi connectivity index (χ1v) is 6.13. The van der Waals surface area contributed by atoms with E-state index in [-0.39, 0.29) is 12.0 Å². The topological polar surface area (TPSA) is 70.7 Å². The van der Waals surface area contributed by atoms with Gasteiger partial charge >= 0.3 is 12.0 Å². The zero-order valence-corrected chi connectivity index (χ0v) is 10.3. The van der Waals surface area contributed by atoms with Crippen molar-refractivity contribution in [2.45, 2.75) is 19.8 Å². The fourth-order valence-electron chi connectivity index (χ4n) is 1.65. The summed E-state index contributed by atoms with van der Waals surface area (Å²) in [6.07, 6.45) is 1.22. The summed E-state index contributed by atoms with van der Waals surface area (Å²) < 4.78 is 4.82. The Bertz CT molecular complexity index is 258. The van der Waals surface area contributed by atoms with Crippen LogP contribution in [0.5, 0.6) is 0 Å². The molecule has 17 heavy (non-hydrogen) atoms. The Morgan fingerprint density at radius 3 is 3.00 bits per heavy atom. The van der Waals surface area contributed by atoms with Gasteiger partial charge in [0.15, 0.2) is 0 Å². The third kappa shape index (κ3) is 5.53. The van der Waals surface area contributed by atoms with E-state index in [9.17, 15) is 9.59 Å². The van der Waals surface area contributed by atoms with E-state index in [2.05, 4.69) is 10.6 Å². The molecule has 1 fully saturated rings. The molecule has 6 heteroatoms. The van der Waals surface area contributed by atoms with Crippen molar-refractivity contribution < 1.29 is 14.3 Å². The highest BCUT2D eigenvalue weighted by Crippen LogP contribution is 1.95. The number of urea groups is 1. The maximum Gasteiger partial charge on any atom is 0.317 e. The number of nitrogens with zero attached hydrogens (tertiary/aromatic N) is 1. The maximum absolute atomic E-state index is 11.2. The predicted octanol–water partition coefficient (Wildman–Crippen LogP) is -0.0555. The summed E-state index contributed by atoms with van der Waals surface area (Å²) in [4.78, 5) is 24.0. The molecule has 0 saturated carbocycles. The Labute approximate surface area is 102 Å². The van der Waals surface area contributed by atoms with E-state index in [1.807, 2.05) is 0 Å². The smallest absolute Gasteiger partial charge is 0.317 e. The van der Waals surface area contributed by atoms with Crippen LogP contribution in [0, 0.1) is 0 Å². The van der Waals surface area contributed by atoms with E-state index in [4.69, 9.17) is 4.74 Å². The molecule has 2 amide bonds. The SMILES string of the molecule is CCOC(=O)CCCNCCN1CCNC1=O. The Balaban J connectivity index is 1.91. The van der Waals surface area contributed by atoms with Gasteiger partial charge in [0.05, 0.1) is 6.61 Å². The second-order valence-electron chi connectivity index (χ2n) is 3.88. The van der Waals surface area contributed by atoms with Crippen LogP contribution in [-0.4, -0.2) is 56.2 Å². The lowest BCUT2D eigenvalue weighted by molar-refractivity contribution is -0.143. The van der Waals surface area contributed by atoms with Crippen LogP contribution >= 0.6 is 0 Å². The molecular formula is C11H21N3O3. The van der Waals surface area contributed by atoms with Crippen molar-refractivity contribution >= 4 is 12.0 Å². The molecule has 0 aromatic heterocycles. The van der Waals surface area contributed by atoms with Crippen LogP contribution < -0.4 is 10.6 Å². The Hall–Kier alpha value is -1.30. The second-order valence-corrected chi connectivity index (χ2v) is 3.88. The molecule has 1 aliphatic heterocycles. The highest BCUT2D eigenvalue weighted by Gasteiger charge is 2.17. The van der Waals surface area contributed by atoms with Gasteiger partial charge in [0, 0.05) is 32.6 Å². The van der Waals surface area contributed by atoms with E-state index in [0.717, 1.165) is 32.6 Å². The first kappa shape index (κ1) is 13.8. The molecule has 0 bridgehead atoms. The number of esters is 1. The number of rotatable bonds is 8. The van der Waals surface area contributed by atoms with Crippen LogP contribution in [0.4, 0.5) is 4.79 Å². The number of carbonyl (C=O) groups excluding carboxylic acids is 2. The van der Waals surface area contributed by atoms with Gasteiger partial charge in [-0.3, -0.25) is 4.79 Å². The van der Waals surface area contributed by atoms with Crippen LogP contribution in [0.2, 0.25) is 0 Å². The molecule has 0 aromatic carbocycles. The van der Waals surface area contributed by atoms with Crippen LogP contribution in [0.15, 0.2) is 0 Å². The lowest BCUT2D eigenvalue weighted by atomic mass is 10.3. The summed E-state index contributed by atoms with van der Waals surface area (Å²) in [5.41, 5.74) is 0. The van der Waals surface area contributed by atoms with Gasteiger partial charge < -0.3 is 20.3 Å². The van der Waals surface area contributed by atoms with Crippen LogP contribution in [0.3, 0.4) is 0 Å². The summed E-state index contributed by atoms with van der Waals surface area (Å²) in [6, 6.07) is 0.0123.